The summed E-state index contributed by atoms with van der Waals surface area (Å²) in [4.78, 5) is 21.5. The number of H-pyrrole nitrogens is 1. The number of nitrogens with zero attached hydrogens (tertiary/aromatic N) is 1. The molecule has 7 heteroatoms. The number of aryl methyl sites for hydroxylation is 1. The zero-order chi connectivity index (χ0) is 10.7. The Bertz CT molecular complexity index is 371. The van der Waals surface area contributed by atoms with E-state index in [2.05, 4.69) is 10.2 Å². The van der Waals surface area contributed by atoms with Crippen LogP contribution >= 0.6 is 0 Å². The van der Waals surface area contributed by atoms with Crippen molar-refractivity contribution < 1.29 is 14.7 Å². The van der Waals surface area contributed by atoms with Crippen LogP contribution in [0.1, 0.15) is 23.1 Å². The number of urea groups is 1. The van der Waals surface area contributed by atoms with Gasteiger partial charge in [0, 0.05) is 0 Å². The summed E-state index contributed by atoms with van der Waals surface area (Å²) in [5.74, 6) is -1.06. The molecule has 0 aliphatic carbocycles. The van der Waals surface area contributed by atoms with Crippen LogP contribution in [0.4, 0.5) is 4.79 Å². The third-order valence-electron chi connectivity index (χ3n) is 1.61. The third-order valence-corrected chi connectivity index (χ3v) is 1.61. The molecule has 0 spiro atoms. The molecule has 0 aliphatic heterocycles. The SMILES string of the molecule is CCc1n[nH]c(C(=O)NC(N)=O)c1O. The summed E-state index contributed by atoms with van der Waals surface area (Å²) in [5.41, 5.74) is 4.93. The van der Waals surface area contributed by atoms with E-state index in [1.54, 1.807) is 12.2 Å². The van der Waals surface area contributed by atoms with Crippen molar-refractivity contribution in [3.63, 3.8) is 0 Å². The van der Waals surface area contributed by atoms with Crippen molar-refractivity contribution in [3.8, 4) is 5.75 Å². The van der Waals surface area contributed by atoms with Gasteiger partial charge in [-0.25, -0.2) is 4.79 Å². The number of amides is 3. The van der Waals surface area contributed by atoms with E-state index in [0.717, 1.165) is 0 Å². The van der Waals surface area contributed by atoms with Gasteiger partial charge in [-0.15, -0.1) is 0 Å². The molecule has 1 heterocycles. The molecule has 7 nitrogen and oxygen atoms in total. The molecular formula is C7H10N4O3. The number of aromatic amines is 1. The summed E-state index contributed by atoms with van der Waals surface area (Å²) in [6, 6.07) is -0.984. The Hall–Kier alpha value is -2.05. The molecule has 0 radical (unpaired) electrons. The van der Waals surface area contributed by atoms with Crippen molar-refractivity contribution in [2.45, 2.75) is 13.3 Å². The number of rotatable bonds is 2. The van der Waals surface area contributed by atoms with E-state index in [-0.39, 0.29) is 11.4 Å². The number of aromatic nitrogens is 2. The predicted molar refractivity (Wildman–Crippen MR) is 46.7 cm³/mol. The fraction of sp³-hybridized carbons (Fsp3) is 0.286. The van der Waals surface area contributed by atoms with Gasteiger partial charge in [0.25, 0.3) is 5.91 Å². The molecule has 0 aromatic carbocycles. The Balaban J connectivity index is 2.90. The van der Waals surface area contributed by atoms with E-state index in [1.807, 2.05) is 0 Å². The lowest BCUT2D eigenvalue weighted by Gasteiger charge is -1.97. The molecule has 5 N–H and O–H groups in total. The second-order valence-corrected chi connectivity index (χ2v) is 2.57. The van der Waals surface area contributed by atoms with Crippen LogP contribution in [0.25, 0.3) is 0 Å². The summed E-state index contributed by atoms with van der Waals surface area (Å²) < 4.78 is 0. The van der Waals surface area contributed by atoms with Crippen LogP contribution in [0, 0.1) is 0 Å². The van der Waals surface area contributed by atoms with Crippen molar-refractivity contribution in [2.75, 3.05) is 0 Å². The predicted octanol–water partition coefficient (Wildman–Crippen LogP) is -0.514. The second-order valence-electron chi connectivity index (χ2n) is 2.57. The number of aromatic hydroxyl groups is 1. The maximum Gasteiger partial charge on any atom is 0.319 e. The molecule has 0 saturated heterocycles. The van der Waals surface area contributed by atoms with Crippen LogP contribution in [0.15, 0.2) is 0 Å². The highest BCUT2D eigenvalue weighted by Crippen LogP contribution is 2.19. The molecule has 1 aromatic rings. The lowest BCUT2D eigenvalue weighted by molar-refractivity contribution is 0.0958. The first-order valence-electron chi connectivity index (χ1n) is 3.93. The molecular weight excluding hydrogens is 188 g/mol. The van der Waals surface area contributed by atoms with Crippen LogP contribution < -0.4 is 11.1 Å². The lowest BCUT2D eigenvalue weighted by Crippen LogP contribution is -2.35. The molecule has 14 heavy (non-hydrogen) atoms. The Kier molecular flexibility index (Phi) is 2.70. The van der Waals surface area contributed by atoms with Crippen LogP contribution in [-0.4, -0.2) is 27.2 Å². The highest BCUT2D eigenvalue weighted by atomic mass is 16.3. The molecule has 1 aromatic heterocycles. The standard InChI is InChI=1S/C7H10N4O3/c1-2-3-5(12)4(11-10-3)6(13)9-7(8)14/h12H,2H2,1H3,(H,10,11)(H3,8,9,13,14). The van der Waals surface area contributed by atoms with Crippen LogP contribution in [0.5, 0.6) is 5.75 Å². The molecule has 76 valence electrons. The zero-order valence-electron chi connectivity index (χ0n) is 7.50. The highest BCUT2D eigenvalue weighted by molar-refractivity contribution is 6.04. The van der Waals surface area contributed by atoms with Crippen LogP contribution in [0.3, 0.4) is 0 Å². The molecule has 1 rings (SSSR count). The summed E-state index contributed by atoms with van der Waals surface area (Å²) in [5, 5.41) is 17.2. The van der Waals surface area contributed by atoms with Crippen molar-refractivity contribution in [1.82, 2.24) is 15.5 Å². The Labute approximate surface area is 79.3 Å². The average Bonchev–Trinajstić information content (AvgIpc) is 2.45. The van der Waals surface area contributed by atoms with Gasteiger partial charge in [-0.2, -0.15) is 5.10 Å². The Morgan fingerprint density at radius 3 is 2.71 bits per heavy atom. The summed E-state index contributed by atoms with van der Waals surface area (Å²) in [7, 11) is 0. The van der Waals surface area contributed by atoms with Gasteiger partial charge in [-0.1, -0.05) is 6.92 Å². The number of primary amides is 1. The fourth-order valence-corrected chi connectivity index (χ4v) is 0.953. The van der Waals surface area contributed by atoms with E-state index in [4.69, 9.17) is 5.73 Å². The molecule has 0 saturated carbocycles. The molecule has 0 aliphatic rings. The number of hydrogen-bond donors (Lipinski definition) is 4. The topological polar surface area (TPSA) is 121 Å². The van der Waals surface area contributed by atoms with Gasteiger partial charge in [-0.3, -0.25) is 15.2 Å². The fourth-order valence-electron chi connectivity index (χ4n) is 0.953. The molecule has 0 unspecified atom stereocenters. The summed E-state index contributed by atoms with van der Waals surface area (Å²) >= 11 is 0. The first-order valence-corrected chi connectivity index (χ1v) is 3.93. The molecule has 3 amide bonds. The highest BCUT2D eigenvalue weighted by Gasteiger charge is 2.18. The van der Waals surface area contributed by atoms with Gasteiger partial charge >= 0.3 is 6.03 Å². The van der Waals surface area contributed by atoms with Gasteiger partial charge in [0.1, 0.15) is 5.69 Å². The number of carbonyl (C=O) groups is 2. The van der Waals surface area contributed by atoms with Crippen molar-refractivity contribution in [3.05, 3.63) is 11.4 Å². The minimum Gasteiger partial charge on any atom is -0.504 e. The normalized spacial score (nSPS) is 9.79. The van der Waals surface area contributed by atoms with Gasteiger partial charge in [0.2, 0.25) is 0 Å². The largest absolute Gasteiger partial charge is 0.504 e. The molecule has 0 fully saturated rings. The number of carbonyl (C=O) groups excluding carboxylic acids is 2. The number of nitrogens with one attached hydrogen (secondary N) is 2. The smallest absolute Gasteiger partial charge is 0.319 e. The van der Waals surface area contributed by atoms with Crippen molar-refractivity contribution >= 4 is 11.9 Å². The first kappa shape index (κ1) is 10.0. The van der Waals surface area contributed by atoms with Crippen molar-refractivity contribution in [2.24, 2.45) is 5.73 Å². The van der Waals surface area contributed by atoms with Gasteiger partial charge in [0.05, 0.1) is 0 Å². The lowest BCUT2D eigenvalue weighted by atomic mass is 10.2. The van der Waals surface area contributed by atoms with Gasteiger partial charge in [-0.05, 0) is 6.42 Å². The maximum atomic E-state index is 11.2. The van der Waals surface area contributed by atoms with Gasteiger partial charge < -0.3 is 10.8 Å². The van der Waals surface area contributed by atoms with E-state index in [9.17, 15) is 14.7 Å². The van der Waals surface area contributed by atoms with E-state index < -0.39 is 11.9 Å². The third kappa shape index (κ3) is 1.82. The summed E-state index contributed by atoms with van der Waals surface area (Å²) in [6.45, 7) is 1.77. The Morgan fingerprint density at radius 2 is 2.29 bits per heavy atom. The zero-order valence-corrected chi connectivity index (χ0v) is 7.50. The van der Waals surface area contributed by atoms with Crippen molar-refractivity contribution in [1.29, 1.82) is 0 Å². The number of imide groups is 1. The maximum absolute atomic E-state index is 11.2. The summed E-state index contributed by atoms with van der Waals surface area (Å²) in [6.07, 6.45) is 0.478. The quantitative estimate of drug-likeness (QED) is 0.511. The van der Waals surface area contributed by atoms with E-state index in [1.165, 1.54) is 0 Å². The van der Waals surface area contributed by atoms with E-state index in [0.29, 0.717) is 12.1 Å². The number of hydrogen-bond acceptors (Lipinski definition) is 4. The molecule has 0 atom stereocenters. The monoisotopic (exact) mass is 198 g/mol. The van der Waals surface area contributed by atoms with Crippen LogP contribution in [-0.2, 0) is 6.42 Å². The van der Waals surface area contributed by atoms with Crippen LogP contribution in [0.2, 0.25) is 0 Å². The minimum absolute atomic E-state index is 0.166. The first-order chi connectivity index (χ1) is 6.56. The number of nitrogens with two attached hydrogens (primary N) is 1. The average molecular weight is 198 g/mol. The molecule has 0 bridgehead atoms. The van der Waals surface area contributed by atoms with Gasteiger partial charge in [0.15, 0.2) is 11.4 Å². The minimum atomic E-state index is -0.984. The Morgan fingerprint density at radius 1 is 1.64 bits per heavy atom. The second kappa shape index (κ2) is 3.77. The van der Waals surface area contributed by atoms with E-state index >= 15 is 0 Å².